The molecular formula is C23H25N3O3S. The normalized spacial score (nSPS) is 14.6. The lowest BCUT2D eigenvalue weighted by Gasteiger charge is -2.31. The number of para-hydroxylation sites is 2. The summed E-state index contributed by atoms with van der Waals surface area (Å²) in [5.74, 6) is 0.0738. The molecule has 156 valence electrons. The van der Waals surface area contributed by atoms with Gasteiger partial charge in [0, 0.05) is 24.3 Å². The van der Waals surface area contributed by atoms with Gasteiger partial charge in [0.2, 0.25) is 5.91 Å². The quantitative estimate of drug-likeness (QED) is 0.567. The van der Waals surface area contributed by atoms with Crippen LogP contribution < -0.4 is 5.32 Å². The van der Waals surface area contributed by atoms with Gasteiger partial charge in [-0.05, 0) is 49.2 Å². The van der Waals surface area contributed by atoms with Crippen molar-refractivity contribution in [2.45, 2.75) is 43.4 Å². The third-order valence-electron chi connectivity index (χ3n) is 5.46. The highest BCUT2D eigenvalue weighted by molar-refractivity contribution is 7.99. The molecule has 4 rings (SSSR count). The van der Waals surface area contributed by atoms with Gasteiger partial charge in [-0.15, -0.1) is 0 Å². The largest absolute Gasteiger partial charge is 0.431 e. The molecule has 1 aliphatic carbocycles. The number of hydrogen-bond acceptors (Lipinski definition) is 5. The Hall–Kier alpha value is -2.80. The first-order chi connectivity index (χ1) is 14.6. The minimum absolute atomic E-state index is 0.0336. The molecule has 2 amide bonds. The van der Waals surface area contributed by atoms with Crippen LogP contribution in [-0.2, 0) is 4.79 Å². The van der Waals surface area contributed by atoms with Crippen LogP contribution in [0.3, 0.4) is 0 Å². The summed E-state index contributed by atoms with van der Waals surface area (Å²) < 4.78 is 5.61. The smallest absolute Gasteiger partial charge is 0.257 e. The van der Waals surface area contributed by atoms with Crippen LogP contribution in [0.2, 0.25) is 0 Å². The Balaban J connectivity index is 1.30. The molecule has 2 aromatic carbocycles. The highest BCUT2D eigenvalue weighted by Gasteiger charge is 2.22. The number of hydrogen-bond donors (Lipinski definition) is 1. The Morgan fingerprint density at radius 1 is 1.10 bits per heavy atom. The maximum Gasteiger partial charge on any atom is 0.257 e. The van der Waals surface area contributed by atoms with E-state index in [0.717, 1.165) is 18.4 Å². The number of rotatable bonds is 6. The van der Waals surface area contributed by atoms with Crippen LogP contribution in [0.25, 0.3) is 11.1 Å². The molecule has 7 heteroatoms. The average Bonchev–Trinajstić information content (AvgIpc) is 3.21. The van der Waals surface area contributed by atoms with E-state index >= 15 is 0 Å². The van der Waals surface area contributed by atoms with E-state index in [1.807, 2.05) is 36.2 Å². The topological polar surface area (TPSA) is 75.4 Å². The van der Waals surface area contributed by atoms with Gasteiger partial charge in [0.25, 0.3) is 11.1 Å². The fourth-order valence-electron chi connectivity index (χ4n) is 3.77. The Kier molecular flexibility index (Phi) is 6.38. The molecule has 1 heterocycles. The second-order valence-corrected chi connectivity index (χ2v) is 8.50. The van der Waals surface area contributed by atoms with Crippen LogP contribution in [0.5, 0.6) is 0 Å². The first-order valence-corrected chi connectivity index (χ1v) is 11.2. The van der Waals surface area contributed by atoms with Crippen LogP contribution in [0.4, 0.5) is 5.69 Å². The number of nitrogens with zero attached hydrogens (tertiary/aromatic N) is 2. The highest BCUT2D eigenvalue weighted by atomic mass is 32.2. The van der Waals surface area contributed by atoms with E-state index < -0.39 is 0 Å². The summed E-state index contributed by atoms with van der Waals surface area (Å²) in [5.41, 5.74) is 2.79. The third kappa shape index (κ3) is 4.84. The van der Waals surface area contributed by atoms with Crippen molar-refractivity contribution < 1.29 is 14.0 Å². The molecule has 1 N–H and O–H groups in total. The molecule has 0 unspecified atom stereocenters. The lowest BCUT2D eigenvalue weighted by atomic mass is 9.94. The molecule has 1 saturated carbocycles. The Bertz CT molecular complexity index is 993. The van der Waals surface area contributed by atoms with Gasteiger partial charge in [-0.2, -0.15) is 0 Å². The summed E-state index contributed by atoms with van der Waals surface area (Å²) in [6.07, 6.45) is 5.80. The summed E-state index contributed by atoms with van der Waals surface area (Å²) in [6.45, 7) is 0. The molecule has 6 nitrogen and oxygen atoms in total. The van der Waals surface area contributed by atoms with Crippen molar-refractivity contribution in [1.82, 2.24) is 9.88 Å². The van der Waals surface area contributed by atoms with Gasteiger partial charge < -0.3 is 14.6 Å². The third-order valence-corrected chi connectivity index (χ3v) is 6.29. The zero-order valence-corrected chi connectivity index (χ0v) is 17.8. The van der Waals surface area contributed by atoms with E-state index in [1.165, 1.54) is 31.0 Å². The summed E-state index contributed by atoms with van der Waals surface area (Å²) in [6, 6.07) is 14.9. The van der Waals surface area contributed by atoms with Crippen LogP contribution in [0.15, 0.2) is 58.2 Å². The van der Waals surface area contributed by atoms with Gasteiger partial charge >= 0.3 is 0 Å². The van der Waals surface area contributed by atoms with Crippen molar-refractivity contribution in [2.24, 2.45) is 0 Å². The summed E-state index contributed by atoms with van der Waals surface area (Å²) in [4.78, 5) is 31.2. The number of carbonyl (C=O) groups is 2. The summed E-state index contributed by atoms with van der Waals surface area (Å²) in [5, 5.41) is 3.32. The second-order valence-electron chi connectivity index (χ2n) is 7.57. The average molecular weight is 424 g/mol. The van der Waals surface area contributed by atoms with Crippen molar-refractivity contribution in [3.05, 3.63) is 54.1 Å². The molecule has 0 saturated heterocycles. The first-order valence-electron chi connectivity index (χ1n) is 10.3. The molecule has 1 aromatic heterocycles. The minimum Gasteiger partial charge on any atom is -0.431 e. The summed E-state index contributed by atoms with van der Waals surface area (Å²) >= 11 is 1.25. The molecule has 0 aliphatic heterocycles. The molecule has 1 fully saturated rings. The van der Waals surface area contributed by atoms with E-state index in [9.17, 15) is 9.59 Å². The van der Waals surface area contributed by atoms with Crippen LogP contribution >= 0.6 is 11.8 Å². The molecule has 0 radical (unpaired) electrons. The van der Waals surface area contributed by atoms with Gasteiger partial charge in [-0.3, -0.25) is 9.59 Å². The number of aromatic nitrogens is 1. The highest BCUT2D eigenvalue weighted by Crippen LogP contribution is 2.24. The number of fused-ring (bicyclic) bond motifs is 1. The van der Waals surface area contributed by atoms with Crippen molar-refractivity contribution in [3.8, 4) is 0 Å². The van der Waals surface area contributed by atoms with Crippen molar-refractivity contribution in [3.63, 3.8) is 0 Å². The van der Waals surface area contributed by atoms with Gasteiger partial charge in [0.05, 0.1) is 5.75 Å². The van der Waals surface area contributed by atoms with Crippen molar-refractivity contribution in [1.29, 1.82) is 0 Å². The van der Waals surface area contributed by atoms with E-state index in [4.69, 9.17) is 4.42 Å². The molecular weight excluding hydrogens is 398 g/mol. The van der Waals surface area contributed by atoms with E-state index in [1.54, 1.807) is 24.3 Å². The Morgan fingerprint density at radius 3 is 2.57 bits per heavy atom. The molecule has 3 aromatic rings. The van der Waals surface area contributed by atoms with Crippen LogP contribution in [-0.4, -0.2) is 40.5 Å². The van der Waals surface area contributed by atoms with E-state index in [2.05, 4.69) is 10.3 Å². The van der Waals surface area contributed by atoms with Crippen LogP contribution in [0.1, 0.15) is 42.5 Å². The SMILES string of the molecule is CN(C(=O)c1ccc(NC(=O)CSc2nc3ccccc3o2)cc1)C1CCCCC1. The first kappa shape index (κ1) is 20.5. The molecule has 0 atom stereocenters. The Morgan fingerprint density at radius 2 is 1.83 bits per heavy atom. The molecule has 0 bridgehead atoms. The zero-order valence-electron chi connectivity index (χ0n) is 17.0. The van der Waals surface area contributed by atoms with E-state index in [-0.39, 0.29) is 17.6 Å². The standard InChI is InChI=1S/C23H25N3O3S/c1-26(18-7-3-2-4-8-18)22(28)16-11-13-17(14-12-16)24-21(27)15-30-23-25-19-9-5-6-10-20(19)29-23/h5-6,9-14,18H,2-4,7-8,15H2,1H3,(H,24,27). The number of benzene rings is 2. The minimum atomic E-state index is -0.152. The number of amides is 2. The second kappa shape index (κ2) is 9.34. The zero-order chi connectivity index (χ0) is 20.9. The lowest BCUT2D eigenvalue weighted by molar-refractivity contribution is -0.113. The lowest BCUT2D eigenvalue weighted by Crippen LogP contribution is -2.38. The summed E-state index contributed by atoms with van der Waals surface area (Å²) in [7, 11) is 1.89. The predicted molar refractivity (Wildman–Crippen MR) is 119 cm³/mol. The molecule has 30 heavy (non-hydrogen) atoms. The van der Waals surface area contributed by atoms with Crippen molar-refractivity contribution >= 4 is 40.4 Å². The van der Waals surface area contributed by atoms with Gasteiger partial charge in [-0.25, -0.2) is 4.98 Å². The molecule has 0 spiro atoms. The maximum absolute atomic E-state index is 12.7. The van der Waals surface area contributed by atoms with Crippen molar-refractivity contribution in [2.75, 3.05) is 18.1 Å². The van der Waals surface area contributed by atoms with E-state index in [0.29, 0.717) is 28.1 Å². The van der Waals surface area contributed by atoms with Gasteiger partial charge in [0.15, 0.2) is 5.58 Å². The van der Waals surface area contributed by atoms with Crippen LogP contribution in [0, 0.1) is 0 Å². The van der Waals surface area contributed by atoms with Gasteiger partial charge in [0.1, 0.15) is 5.52 Å². The number of anilines is 1. The Labute approximate surface area is 180 Å². The maximum atomic E-state index is 12.7. The fourth-order valence-corrected chi connectivity index (χ4v) is 4.41. The number of nitrogens with one attached hydrogen (secondary N) is 1. The number of carbonyl (C=O) groups excluding carboxylic acids is 2. The fraction of sp³-hybridized carbons (Fsp3) is 0.348. The monoisotopic (exact) mass is 423 g/mol. The number of thioether (sulfide) groups is 1. The molecule has 1 aliphatic rings. The predicted octanol–water partition coefficient (Wildman–Crippen LogP) is 4.96. The van der Waals surface area contributed by atoms with Gasteiger partial charge in [-0.1, -0.05) is 43.2 Å². The number of oxazole rings is 1.